The molecule has 0 unspecified atom stereocenters. The molecule has 0 aliphatic carbocycles. The van der Waals surface area contributed by atoms with Gasteiger partial charge in [-0.1, -0.05) is 12.1 Å². The van der Waals surface area contributed by atoms with Crippen molar-refractivity contribution in [3.05, 3.63) is 77.9 Å². The second-order valence-corrected chi connectivity index (χ2v) is 8.19. The average molecular weight is 446 g/mol. The maximum absolute atomic E-state index is 14.0. The lowest BCUT2D eigenvalue weighted by Gasteiger charge is -2.19. The minimum atomic E-state index is -4.49. The molecule has 1 heterocycles. The smallest absolute Gasteiger partial charge is 0.264 e. The molecule has 0 aromatic heterocycles. The van der Waals surface area contributed by atoms with Crippen LogP contribution in [0.5, 0.6) is 11.5 Å². The molecule has 0 saturated heterocycles. The van der Waals surface area contributed by atoms with E-state index in [9.17, 15) is 22.0 Å². The van der Waals surface area contributed by atoms with Crippen LogP contribution in [0.15, 0.2) is 65.6 Å². The van der Waals surface area contributed by atoms with E-state index < -0.39 is 32.5 Å². The third kappa shape index (κ3) is 4.43. The summed E-state index contributed by atoms with van der Waals surface area (Å²) in [5.74, 6) is -1.62. The molecule has 10 heteroatoms. The summed E-state index contributed by atoms with van der Waals surface area (Å²) in [4.78, 5) is 11.9. The summed E-state index contributed by atoms with van der Waals surface area (Å²) in [6, 6.07) is 12.7. The Labute approximate surface area is 176 Å². The Morgan fingerprint density at radius 2 is 1.65 bits per heavy atom. The number of hydrogen-bond donors (Lipinski definition) is 2. The van der Waals surface area contributed by atoms with Crippen LogP contribution in [0.1, 0.15) is 10.4 Å². The molecule has 4 rings (SSSR count). The minimum absolute atomic E-state index is 0.0159. The third-order valence-electron chi connectivity index (χ3n) is 4.40. The molecule has 3 aromatic rings. The second kappa shape index (κ2) is 8.23. The van der Waals surface area contributed by atoms with Gasteiger partial charge in [0.25, 0.3) is 15.9 Å². The molecule has 0 spiro atoms. The minimum Gasteiger partial charge on any atom is -0.486 e. The van der Waals surface area contributed by atoms with Crippen molar-refractivity contribution in [2.45, 2.75) is 4.90 Å². The molecular formula is C21H16F2N2O5S. The van der Waals surface area contributed by atoms with E-state index in [1.165, 1.54) is 18.2 Å². The summed E-state index contributed by atoms with van der Waals surface area (Å²) < 4.78 is 65.6. The average Bonchev–Trinajstić information content (AvgIpc) is 2.75. The number of halogens is 2. The Hall–Kier alpha value is -3.66. The van der Waals surface area contributed by atoms with Crippen molar-refractivity contribution in [1.29, 1.82) is 0 Å². The number of rotatable bonds is 5. The molecule has 1 aliphatic heterocycles. The first-order chi connectivity index (χ1) is 14.8. The zero-order chi connectivity index (χ0) is 22.0. The summed E-state index contributed by atoms with van der Waals surface area (Å²) in [6.07, 6.45) is 0. The molecule has 160 valence electrons. The van der Waals surface area contributed by atoms with Gasteiger partial charge < -0.3 is 14.8 Å². The highest BCUT2D eigenvalue weighted by atomic mass is 32.2. The van der Waals surface area contributed by atoms with E-state index >= 15 is 0 Å². The molecule has 0 radical (unpaired) electrons. The third-order valence-corrected chi connectivity index (χ3v) is 5.78. The van der Waals surface area contributed by atoms with Gasteiger partial charge in [-0.3, -0.25) is 9.52 Å². The summed E-state index contributed by atoms with van der Waals surface area (Å²) in [7, 11) is -4.49. The summed E-state index contributed by atoms with van der Waals surface area (Å²) in [5, 5.41) is 2.65. The number of carbonyl (C=O) groups is 1. The monoisotopic (exact) mass is 446 g/mol. The zero-order valence-electron chi connectivity index (χ0n) is 15.9. The van der Waals surface area contributed by atoms with Gasteiger partial charge >= 0.3 is 0 Å². The molecule has 1 aliphatic rings. The Morgan fingerprint density at radius 1 is 0.903 bits per heavy atom. The van der Waals surface area contributed by atoms with Gasteiger partial charge in [-0.25, -0.2) is 17.2 Å². The Morgan fingerprint density at radius 3 is 2.45 bits per heavy atom. The number of carbonyl (C=O) groups excluding carboxylic acids is 1. The normalized spacial score (nSPS) is 12.8. The number of nitrogens with one attached hydrogen (secondary N) is 2. The lowest BCUT2D eigenvalue weighted by Crippen LogP contribution is -2.20. The largest absolute Gasteiger partial charge is 0.486 e. The quantitative estimate of drug-likeness (QED) is 0.622. The topological polar surface area (TPSA) is 93.7 Å². The first-order valence-corrected chi connectivity index (χ1v) is 10.6. The number of anilines is 2. The van der Waals surface area contributed by atoms with E-state index in [1.54, 1.807) is 24.3 Å². The second-order valence-electron chi connectivity index (χ2n) is 6.54. The van der Waals surface area contributed by atoms with Gasteiger partial charge in [-0.15, -0.1) is 0 Å². The van der Waals surface area contributed by atoms with E-state index in [2.05, 4.69) is 10.0 Å². The number of amides is 1. The van der Waals surface area contributed by atoms with Gasteiger partial charge in [-0.2, -0.15) is 0 Å². The molecule has 0 bridgehead atoms. The molecule has 7 nitrogen and oxygen atoms in total. The van der Waals surface area contributed by atoms with Crippen LogP contribution in [0.2, 0.25) is 0 Å². The summed E-state index contributed by atoms with van der Waals surface area (Å²) in [5.41, 5.74) is 0.294. The first-order valence-electron chi connectivity index (χ1n) is 9.11. The lowest BCUT2D eigenvalue weighted by molar-refractivity contribution is 0.102. The standard InChI is InChI=1S/C21H16F2N2O5S/c22-13-5-7-16(23)20(11-13)31(27,28)25-17-4-2-1-3-15(17)21(26)24-14-6-8-18-19(12-14)30-10-9-29-18/h1-8,11-12,25H,9-10H2,(H,24,26). The molecule has 31 heavy (non-hydrogen) atoms. The number of ether oxygens (including phenoxy) is 2. The highest BCUT2D eigenvalue weighted by molar-refractivity contribution is 7.92. The number of fused-ring (bicyclic) bond motifs is 1. The molecule has 0 fully saturated rings. The van der Waals surface area contributed by atoms with Crippen molar-refractivity contribution in [2.24, 2.45) is 0 Å². The van der Waals surface area contributed by atoms with Gasteiger partial charge in [0.2, 0.25) is 0 Å². The fourth-order valence-corrected chi connectivity index (χ4v) is 4.14. The van der Waals surface area contributed by atoms with Crippen LogP contribution in [0.25, 0.3) is 0 Å². The van der Waals surface area contributed by atoms with Crippen molar-refractivity contribution in [3.8, 4) is 11.5 Å². The Balaban J connectivity index is 1.60. The zero-order valence-corrected chi connectivity index (χ0v) is 16.7. The predicted molar refractivity (Wildman–Crippen MR) is 109 cm³/mol. The molecule has 0 atom stereocenters. The van der Waals surface area contributed by atoms with Gasteiger partial charge in [0.05, 0.1) is 11.3 Å². The van der Waals surface area contributed by atoms with E-state index in [1.807, 2.05) is 0 Å². The molecule has 0 saturated carbocycles. The van der Waals surface area contributed by atoms with Crippen molar-refractivity contribution in [3.63, 3.8) is 0 Å². The van der Waals surface area contributed by atoms with Crippen molar-refractivity contribution < 1.29 is 31.5 Å². The van der Waals surface area contributed by atoms with Crippen LogP contribution in [0.3, 0.4) is 0 Å². The van der Waals surface area contributed by atoms with E-state index in [4.69, 9.17) is 9.47 Å². The van der Waals surface area contributed by atoms with Crippen LogP contribution in [0, 0.1) is 11.6 Å². The lowest BCUT2D eigenvalue weighted by atomic mass is 10.1. The summed E-state index contributed by atoms with van der Waals surface area (Å²) >= 11 is 0. The van der Waals surface area contributed by atoms with Gasteiger partial charge in [0, 0.05) is 11.8 Å². The fraction of sp³-hybridized carbons (Fsp3) is 0.0952. The highest BCUT2D eigenvalue weighted by Crippen LogP contribution is 2.33. The van der Waals surface area contributed by atoms with Gasteiger partial charge in [-0.05, 0) is 42.5 Å². The predicted octanol–water partition coefficient (Wildman–Crippen LogP) is 3.79. The van der Waals surface area contributed by atoms with Crippen LogP contribution in [0.4, 0.5) is 20.2 Å². The van der Waals surface area contributed by atoms with Gasteiger partial charge in [0.15, 0.2) is 11.5 Å². The SMILES string of the molecule is O=C(Nc1ccc2c(c1)OCCO2)c1ccccc1NS(=O)(=O)c1cc(F)ccc1F. The van der Waals surface area contributed by atoms with Crippen LogP contribution >= 0.6 is 0 Å². The molecule has 1 amide bonds. The Kier molecular flexibility index (Phi) is 5.47. The number of sulfonamides is 1. The van der Waals surface area contributed by atoms with Crippen molar-refractivity contribution in [2.75, 3.05) is 23.3 Å². The van der Waals surface area contributed by atoms with Crippen LogP contribution < -0.4 is 19.5 Å². The van der Waals surface area contributed by atoms with Gasteiger partial charge in [0.1, 0.15) is 29.7 Å². The first kappa shape index (κ1) is 20.6. The summed E-state index contributed by atoms with van der Waals surface area (Å²) in [6.45, 7) is 0.809. The van der Waals surface area contributed by atoms with Crippen LogP contribution in [-0.4, -0.2) is 27.5 Å². The number of hydrogen-bond acceptors (Lipinski definition) is 5. The molecule has 2 N–H and O–H groups in total. The molecule has 3 aromatic carbocycles. The van der Waals surface area contributed by atoms with E-state index in [0.717, 1.165) is 6.07 Å². The van der Waals surface area contributed by atoms with Crippen molar-refractivity contribution >= 4 is 27.3 Å². The van der Waals surface area contributed by atoms with E-state index in [-0.39, 0.29) is 11.3 Å². The van der Waals surface area contributed by atoms with Crippen molar-refractivity contribution in [1.82, 2.24) is 0 Å². The number of para-hydroxylation sites is 1. The maximum atomic E-state index is 14.0. The number of benzene rings is 3. The molecular weight excluding hydrogens is 430 g/mol. The highest BCUT2D eigenvalue weighted by Gasteiger charge is 2.23. The Bertz CT molecular complexity index is 1260. The van der Waals surface area contributed by atoms with E-state index in [0.29, 0.717) is 42.5 Å². The van der Waals surface area contributed by atoms with Crippen LogP contribution in [-0.2, 0) is 10.0 Å². The fourth-order valence-electron chi connectivity index (χ4n) is 2.97. The maximum Gasteiger partial charge on any atom is 0.264 e.